The minimum Gasteiger partial charge on any atom is -0.259 e. The zero-order valence-electron chi connectivity index (χ0n) is 25.5. The van der Waals surface area contributed by atoms with Crippen molar-refractivity contribution in [2.75, 3.05) is 14.1 Å². The number of hydrogen-bond acceptors (Lipinski definition) is 2. The summed E-state index contributed by atoms with van der Waals surface area (Å²) in [6.45, 7) is 1.69. The van der Waals surface area contributed by atoms with E-state index in [4.69, 9.17) is 0 Å². The van der Waals surface area contributed by atoms with Gasteiger partial charge in [-0.3, -0.25) is 19.0 Å². The predicted octanol–water partition coefficient (Wildman–Crippen LogP) is 7.62. The SMILES string of the molecule is C[N+]1=CN(Cc2cccc(CN3C=[N+](C)[C@@H](c4ccccc4)[C@@H]3c3ccccc3)c2)[C@H](c2ccccc2)[C@H]1c1ccccc1. The molecule has 0 bridgehead atoms. The molecular weight excluding hydrogens is 536 g/mol. The molecule has 0 spiro atoms. The summed E-state index contributed by atoms with van der Waals surface area (Å²) < 4.78 is 4.75. The van der Waals surface area contributed by atoms with Crippen molar-refractivity contribution in [1.82, 2.24) is 9.80 Å². The van der Waals surface area contributed by atoms with E-state index in [0.717, 1.165) is 13.1 Å². The van der Waals surface area contributed by atoms with Crippen LogP contribution in [-0.2, 0) is 13.1 Å². The van der Waals surface area contributed by atoms with E-state index in [1.165, 1.54) is 33.4 Å². The van der Waals surface area contributed by atoms with Crippen molar-refractivity contribution in [1.29, 1.82) is 0 Å². The Morgan fingerprint density at radius 2 is 0.773 bits per heavy atom. The first kappa shape index (κ1) is 27.8. The van der Waals surface area contributed by atoms with Crippen molar-refractivity contribution in [3.63, 3.8) is 0 Å². The zero-order valence-corrected chi connectivity index (χ0v) is 25.5. The Morgan fingerprint density at radius 3 is 1.14 bits per heavy atom. The fourth-order valence-electron chi connectivity index (χ4n) is 7.27. The second kappa shape index (κ2) is 12.3. The maximum atomic E-state index is 2.51. The molecule has 0 saturated carbocycles. The molecule has 2 aliphatic heterocycles. The number of rotatable bonds is 8. The Hall–Kier alpha value is -4.96. The lowest BCUT2D eigenvalue weighted by Gasteiger charge is -2.25. The molecule has 5 aromatic carbocycles. The Balaban J connectivity index is 1.17. The molecule has 0 N–H and O–H groups in total. The van der Waals surface area contributed by atoms with Crippen LogP contribution >= 0.6 is 0 Å². The van der Waals surface area contributed by atoms with Crippen molar-refractivity contribution < 1.29 is 9.15 Å². The predicted molar refractivity (Wildman–Crippen MR) is 179 cm³/mol. The summed E-state index contributed by atoms with van der Waals surface area (Å²) in [5.74, 6) is 0. The highest BCUT2D eigenvalue weighted by Gasteiger charge is 2.44. The van der Waals surface area contributed by atoms with Gasteiger partial charge in [-0.15, -0.1) is 0 Å². The third kappa shape index (κ3) is 5.56. The summed E-state index contributed by atoms with van der Waals surface area (Å²) in [5, 5.41) is 0. The van der Waals surface area contributed by atoms with Crippen LogP contribution in [0.1, 0.15) is 57.5 Å². The van der Waals surface area contributed by atoms with Crippen LogP contribution in [0.25, 0.3) is 0 Å². The molecule has 0 aliphatic carbocycles. The Bertz CT molecular complexity index is 1620. The molecule has 2 aliphatic rings. The molecule has 4 nitrogen and oxygen atoms in total. The van der Waals surface area contributed by atoms with Crippen LogP contribution in [0.15, 0.2) is 146 Å². The van der Waals surface area contributed by atoms with E-state index in [-0.39, 0.29) is 24.2 Å². The molecule has 0 radical (unpaired) electrons. The second-order valence-electron chi connectivity index (χ2n) is 12.1. The molecule has 0 saturated heterocycles. The van der Waals surface area contributed by atoms with Gasteiger partial charge in [0.2, 0.25) is 12.7 Å². The summed E-state index contributed by atoms with van der Waals surface area (Å²) in [6.07, 6.45) is 4.61. The Labute approximate surface area is 261 Å². The molecule has 0 aromatic heterocycles. The van der Waals surface area contributed by atoms with E-state index in [2.05, 4.69) is 191 Å². The van der Waals surface area contributed by atoms with Crippen LogP contribution in [0.2, 0.25) is 0 Å². The zero-order chi connectivity index (χ0) is 29.9. The van der Waals surface area contributed by atoms with E-state index < -0.39 is 0 Å². The molecule has 2 heterocycles. The summed E-state index contributed by atoms with van der Waals surface area (Å²) in [7, 11) is 4.41. The fraction of sp³-hybridized carbons (Fsp3) is 0.200. The third-order valence-electron chi connectivity index (χ3n) is 9.14. The lowest BCUT2D eigenvalue weighted by Crippen LogP contribution is -2.27. The van der Waals surface area contributed by atoms with E-state index in [1.54, 1.807) is 0 Å². The Morgan fingerprint density at radius 1 is 0.432 bits per heavy atom. The van der Waals surface area contributed by atoms with Crippen molar-refractivity contribution in [3.8, 4) is 0 Å². The number of hydrogen-bond donors (Lipinski definition) is 0. The molecule has 0 amide bonds. The largest absolute Gasteiger partial charge is 0.259 e. The molecule has 0 unspecified atom stereocenters. The number of nitrogens with zero attached hydrogens (tertiary/aromatic N) is 4. The minimum absolute atomic E-state index is 0.224. The highest BCUT2D eigenvalue weighted by molar-refractivity contribution is 5.56. The summed E-state index contributed by atoms with van der Waals surface area (Å²) in [5.41, 5.74) is 8.00. The van der Waals surface area contributed by atoms with Crippen LogP contribution in [-0.4, -0.2) is 45.7 Å². The fourth-order valence-corrected chi connectivity index (χ4v) is 7.27. The van der Waals surface area contributed by atoms with E-state index >= 15 is 0 Å². The second-order valence-corrected chi connectivity index (χ2v) is 12.1. The van der Waals surface area contributed by atoms with E-state index in [0.29, 0.717) is 0 Å². The Kier molecular flexibility index (Phi) is 7.81. The lowest BCUT2D eigenvalue weighted by atomic mass is 9.92. The van der Waals surface area contributed by atoms with Crippen molar-refractivity contribution in [2.24, 2.45) is 0 Å². The number of benzene rings is 5. The van der Waals surface area contributed by atoms with Gasteiger partial charge >= 0.3 is 0 Å². The third-order valence-corrected chi connectivity index (χ3v) is 9.14. The van der Waals surface area contributed by atoms with Crippen LogP contribution in [0.4, 0.5) is 0 Å². The highest BCUT2D eigenvalue weighted by Crippen LogP contribution is 2.41. The lowest BCUT2D eigenvalue weighted by molar-refractivity contribution is -0.535. The topological polar surface area (TPSA) is 12.5 Å². The maximum Gasteiger partial charge on any atom is 0.235 e. The van der Waals surface area contributed by atoms with E-state index in [9.17, 15) is 0 Å². The van der Waals surface area contributed by atoms with Gasteiger partial charge in [-0.2, -0.15) is 0 Å². The molecule has 5 aromatic rings. The standard InChI is InChI=1S/C40H40N4/c1-41-29-43(39(35-22-11-5-12-23-35)37(41)33-18-7-3-8-19-33)27-31-16-15-17-32(26-31)28-44-30-42(2)38(34-20-9-4-10-21-34)40(44)36-24-13-6-14-25-36/h3-26,29-30,37-40H,27-28H2,1-2H3/q+2/t37-,38+,39-,40+. The van der Waals surface area contributed by atoms with Crippen molar-refractivity contribution >= 4 is 12.7 Å². The molecule has 7 rings (SSSR count). The number of likely N-dealkylation sites (N-methyl/N-ethyl adjacent to an activating group) is 2. The highest BCUT2D eigenvalue weighted by atomic mass is 15.3. The summed E-state index contributed by atoms with van der Waals surface area (Å²) >= 11 is 0. The summed E-state index contributed by atoms with van der Waals surface area (Å²) in [6, 6.07) is 53.8. The smallest absolute Gasteiger partial charge is 0.235 e. The first-order valence-electron chi connectivity index (χ1n) is 15.6. The van der Waals surface area contributed by atoms with Crippen molar-refractivity contribution in [2.45, 2.75) is 37.3 Å². The van der Waals surface area contributed by atoms with Crippen LogP contribution in [0.3, 0.4) is 0 Å². The molecule has 218 valence electrons. The molecule has 0 fully saturated rings. The van der Waals surface area contributed by atoms with Gasteiger partial charge in [0.05, 0.1) is 14.1 Å². The van der Waals surface area contributed by atoms with E-state index in [1.807, 2.05) is 0 Å². The summed E-state index contributed by atoms with van der Waals surface area (Å²) in [4.78, 5) is 5.03. The van der Waals surface area contributed by atoms with Gasteiger partial charge in [0.15, 0.2) is 24.2 Å². The van der Waals surface area contributed by atoms with Gasteiger partial charge in [-0.05, 0) is 17.2 Å². The van der Waals surface area contributed by atoms with Gasteiger partial charge in [0, 0.05) is 22.3 Å². The van der Waals surface area contributed by atoms with Gasteiger partial charge in [-0.25, -0.2) is 0 Å². The van der Waals surface area contributed by atoms with Gasteiger partial charge in [0.25, 0.3) is 0 Å². The average Bonchev–Trinajstić information content (AvgIpc) is 3.57. The quantitative estimate of drug-likeness (QED) is 0.176. The molecule has 4 atom stereocenters. The van der Waals surface area contributed by atoms with Gasteiger partial charge < -0.3 is 0 Å². The van der Waals surface area contributed by atoms with Gasteiger partial charge in [-0.1, -0.05) is 140 Å². The van der Waals surface area contributed by atoms with Crippen LogP contribution in [0, 0.1) is 0 Å². The average molecular weight is 577 g/mol. The first-order chi connectivity index (χ1) is 21.7. The maximum absolute atomic E-state index is 2.51. The normalized spacial score (nSPS) is 21.3. The minimum atomic E-state index is 0.224. The molecule has 44 heavy (non-hydrogen) atoms. The first-order valence-corrected chi connectivity index (χ1v) is 15.6. The molecular formula is C40H40N4+2. The monoisotopic (exact) mass is 576 g/mol. The molecule has 4 heteroatoms. The van der Waals surface area contributed by atoms with Crippen molar-refractivity contribution in [3.05, 3.63) is 179 Å². The van der Waals surface area contributed by atoms with Crippen LogP contribution in [0.5, 0.6) is 0 Å². The van der Waals surface area contributed by atoms with Gasteiger partial charge in [0.1, 0.15) is 13.1 Å². The van der Waals surface area contributed by atoms with Crippen LogP contribution < -0.4 is 0 Å².